The number of rotatable bonds is 2. The van der Waals surface area contributed by atoms with Gasteiger partial charge in [0.2, 0.25) is 0 Å². The predicted molar refractivity (Wildman–Crippen MR) is 67.2 cm³/mol. The van der Waals surface area contributed by atoms with Gasteiger partial charge >= 0.3 is 0 Å². The molecule has 19 heavy (non-hydrogen) atoms. The third-order valence-corrected chi connectivity index (χ3v) is 2.70. The van der Waals surface area contributed by atoms with Crippen molar-refractivity contribution in [3.05, 3.63) is 47.3 Å². The fraction of sp³-hybridized carbons (Fsp3) is 0. The molecular weight excluding hydrogens is 266 g/mol. The second-order valence-electron chi connectivity index (χ2n) is 3.52. The van der Waals surface area contributed by atoms with Crippen LogP contribution >= 0.6 is 11.6 Å². The summed E-state index contributed by atoms with van der Waals surface area (Å²) in [6, 6.07) is 8.63. The van der Waals surface area contributed by atoms with E-state index in [9.17, 15) is 0 Å². The summed E-state index contributed by atoms with van der Waals surface area (Å²) < 4.78 is 1.42. The van der Waals surface area contributed by atoms with Gasteiger partial charge in [-0.05, 0) is 18.2 Å². The zero-order valence-electron chi connectivity index (χ0n) is 9.45. The number of oxime groups is 1. The second-order valence-corrected chi connectivity index (χ2v) is 3.88. The highest BCUT2D eigenvalue weighted by Gasteiger charge is 2.09. The molecule has 1 N–H and O–H groups in total. The van der Waals surface area contributed by atoms with Crippen molar-refractivity contribution in [3.8, 4) is 17.8 Å². The molecule has 0 aliphatic carbocycles. The van der Waals surface area contributed by atoms with Crippen molar-refractivity contribution in [2.24, 2.45) is 5.16 Å². The molecule has 0 aliphatic rings. The fourth-order valence-electron chi connectivity index (χ4n) is 1.52. The Hall–Kier alpha value is -2.83. The van der Waals surface area contributed by atoms with Crippen molar-refractivity contribution in [3.63, 3.8) is 0 Å². The van der Waals surface area contributed by atoms with Gasteiger partial charge in [-0.1, -0.05) is 16.8 Å². The van der Waals surface area contributed by atoms with E-state index in [2.05, 4.69) is 10.3 Å². The van der Waals surface area contributed by atoms with Gasteiger partial charge in [-0.2, -0.15) is 15.6 Å². The lowest BCUT2D eigenvalue weighted by Crippen LogP contribution is -2.00. The van der Waals surface area contributed by atoms with Crippen molar-refractivity contribution in [1.82, 2.24) is 9.78 Å². The maximum atomic E-state index is 9.12. The van der Waals surface area contributed by atoms with Gasteiger partial charge in [-0.25, -0.2) is 4.68 Å². The Morgan fingerprint density at radius 2 is 2.16 bits per heavy atom. The minimum atomic E-state index is -0.110. The minimum Gasteiger partial charge on any atom is -0.410 e. The lowest BCUT2D eigenvalue weighted by molar-refractivity contribution is 0.321. The normalized spacial score (nSPS) is 10.8. The molecule has 0 saturated carbocycles. The molecule has 0 fully saturated rings. The summed E-state index contributed by atoms with van der Waals surface area (Å²) in [4.78, 5) is 0. The summed E-state index contributed by atoms with van der Waals surface area (Å²) in [6.07, 6.45) is 2.91. The number of nitrogens with zero attached hydrogens (tertiary/aromatic N) is 5. The van der Waals surface area contributed by atoms with Gasteiger partial charge in [0, 0.05) is 11.8 Å². The predicted octanol–water partition coefficient (Wildman–Crippen LogP) is 1.99. The van der Waals surface area contributed by atoms with E-state index in [0.717, 1.165) is 0 Å². The van der Waals surface area contributed by atoms with E-state index in [1.54, 1.807) is 12.1 Å². The number of hydrogen-bond acceptors (Lipinski definition) is 5. The number of nitriles is 2. The molecular formula is C12H6ClN5O. The maximum absolute atomic E-state index is 9.12. The van der Waals surface area contributed by atoms with Crippen LogP contribution in [0.25, 0.3) is 5.69 Å². The van der Waals surface area contributed by atoms with Crippen LogP contribution in [-0.4, -0.2) is 20.2 Å². The van der Waals surface area contributed by atoms with E-state index in [1.807, 2.05) is 12.1 Å². The summed E-state index contributed by atoms with van der Waals surface area (Å²) in [5.41, 5.74) is 1.61. The first-order valence-corrected chi connectivity index (χ1v) is 5.44. The summed E-state index contributed by atoms with van der Waals surface area (Å²) >= 11 is 5.67. The number of hydrogen-bond donors (Lipinski definition) is 1. The number of benzene rings is 1. The van der Waals surface area contributed by atoms with E-state index in [4.69, 9.17) is 27.3 Å². The molecule has 2 aromatic rings. The summed E-state index contributed by atoms with van der Waals surface area (Å²) in [7, 11) is 0. The second kappa shape index (κ2) is 5.21. The molecule has 0 aliphatic heterocycles. The van der Waals surface area contributed by atoms with Gasteiger partial charge in [0.05, 0.1) is 23.0 Å². The average molecular weight is 272 g/mol. The Morgan fingerprint density at radius 3 is 2.74 bits per heavy atom. The van der Waals surface area contributed by atoms with Crippen LogP contribution in [-0.2, 0) is 0 Å². The summed E-state index contributed by atoms with van der Waals surface area (Å²) in [6.45, 7) is 0. The van der Waals surface area contributed by atoms with Crippen LogP contribution in [0.2, 0.25) is 0 Å². The molecule has 0 bridgehead atoms. The molecule has 0 amide bonds. The quantitative estimate of drug-likeness (QED) is 0.513. The molecule has 6 nitrogen and oxygen atoms in total. The third-order valence-electron chi connectivity index (χ3n) is 2.40. The van der Waals surface area contributed by atoms with E-state index in [1.165, 1.54) is 23.1 Å². The Bertz CT molecular complexity index is 735. The Morgan fingerprint density at radius 1 is 1.37 bits per heavy atom. The highest BCUT2D eigenvalue weighted by atomic mass is 35.5. The molecule has 0 unspecified atom stereocenters. The molecule has 0 atom stereocenters. The van der Waals surface area contributed by atoms with Crippen LogP contribution < -0.4 is 0 Å². The van der Waals surface area contributed by atoms with E-state index < -0.39 is 0 Å². The van der Waals surface area contributed by atoms with Crippen LogP contribution in [0.5, 0.6) is 0 Å². The van der Waals surface area contributed by atoms with Gasteiger partial charge in [0.25, 0.3) is 0 Å². The van der Waals surface area contributed by atoms with Gasteiger partial charge in [0.1, 0.15) is 12.1 Å². The monoisotopic (exact) mass is 271 g/mol. The third kappa shape index (κ3) is 2.39. The van der Waals surface area contributed by atoms with Crippen LogP contribution in [0.15, 0.2) is 35.7 Å². The van der Waals surface area contributed by atoms with Crippen molar-refractivity contribution in [1.29, 1.82) is 10.5 Å². The molecule has 1 aromatic heterocycles. The van der Waals surface area contributed by atoms with Crippen molar-refractivity contribution in [2.45, 2.75) is 0 Å². The van der Waals surface area contributed by atoms with Gasteiger partial charge in [0.15, 0.2) is 5.17 Å². The minimum absolute atomic E-state index is 0.110. The Balaban J connectivity index is 2.54. The van der Waals surface area contributed by atoms with Crippen molar-refractivity contribution in [2.75, 3.05) is 0 Å². The van der Waals surface area contributed by atoms with Gasteiger partial charge in [-0.3, -0.25) is 0 Å². The molecule has 0 spiro atoms. The highest BCUT2D eigenvalue weighted by molar-refractivity contribution is 6.69. The smallest absolute Gasteiger partial charge is 0.175 e. The van der Waals surface area contributed by atoms with Crippen molar-refractivity contribution < 1.29 is 5.21 Å². The van der Waals surface area contributed by atoms with E-state index >= 15 is 0 Å². The van der Waals surface area contributed by atoms with Gasteiger partial charge in [-0.15, -0.1) is 0 Å². The summed E-state index contributed by atoms with van der Waals surface area (Å²) in [5, 5.41) is 33.2. The highest BCUT2D eigenvalue weighted by Crippen LogP contribution is 2.17. The van der Waals surface area contributed by atoms with Crippen LogP contribution in [0, 0.1) is 22.7 Å². The topological polar surface area (TPSA) is 98.0 Å². The largest absolute Gasteiger partial charge is 0.410 e. The first-order valence-electron chi connectivity index (χ1n) is 5.07. The molecule has 7 heteroatoms. The molecule has 0 radical (unpaired) electrons. The van der Waals surface area contributed by atoms with Gasteiger partial charge < -0.3 is 5.21 Å². The SMILES string of the molecule is N#Cc1cnn(-c2ccc(C(Cl)=NO)cc2C#N)c1. The first kappa shape index (κ1) is 12.6. The lowest BCUT2D eigenvalue weighted by atomic mass is 10.1. The first-order chi connectivity index (χ1) is 9.19. The number of aromatic nitrogens is 2. The van der Waals surface area contributed by atoms with Crippen LogP contribution in [0.1, 0.15) is 16.7 Å². The Kier molecular flexibility index (Phi) is 3.46. The zero-order valence-corrected chi connectivity index (χ0v) is 10.2. The van der Waals surface area contributed by atoms with Crippen LogP contribution in [0.3, 0.4) is 0 Å². The molecule has 0 saturated heterocycles. The molecule has 1 aromatic carbocycles. The van der Waals surface area contributed by atoms with E-state index in [-0.39, 0.29) is 5.17 Å². The lowest BCUT2D eigenvalue weighted by Gasteiger charge is -2.05. The molecule has 92 valence electrons. The van der Waals surface area contributed by atoms with E-state index in [0.29, 0.717) is 22.4 Å². The zero-order chi connectivity index (χ0) is 13.8. The number of halogens is 1. The maximum Gasteiger partial charge on any atom is 0.175 e. The fourth-order valence-corrected chi connectivity index (χ4v) is 1.64. The van der Waals surface area contributed by atoms with Crippen LogP contribution in [0.4, 0.5) is 0 Å². The summed E-state index contributed by atoms with van der Waals surface area (Å²) in [5.74, 6) is 0. The average Bonchev–Trinajstić information content (AvgIpc) is 2.94. The molecule has 2 rings (SSSR count). The molecule has 1 heterocycles. The Labute approximate surface area is 113 Å². The van der Waals surface area contributed by atoms with Crippen molar-refractivity contribution >= 4 is 16.8 Å². The standard InChI is InChI=1S/C12H6ClN5O/c13-12(17-19)9-1-2-11(10(3-9)5-15)18-7-8(4-14)6-16-18/h1-3,6-7,19H.